The van der Waals surface area contributed by atoms with E-state index in [9.17, 15) is 0 Å². The van der Waals surface area contributed by atoms with Gasteiger partial charge in [0.1, 0.15) is 0 Å². The first-order chi connectivity index (χ1) is 15.0. The Bertz CT molecular complexity index is 814. The van der Waals surface area contributed by atoms with Gasteiger partial charge in [-0.25, -0.2) is 0 Å². The zero-order valence-corrected chi connectivity index (χ0v) is 19.5. The molecular formula is C24H37N3O4. The van der Waals surface area contributed by atoms with Crippen LogP contribution in [0.25, 0.3) is 0 Å². The first kappa shape index (κ1) is 24.6. The molecule has 0 atom stereocenters. The molecule has 0 heterocycles. The minimum Gasteiger partial charge on any atom is -0.493 e. The number of anilines is 1. The Labute approximate surface area is 186 Å². The van der Waals surface area contributed by atoms with Gasteiger partial charge in [0, 0.05) is 18.3 Å². The lowest BCUT2D eigenvalue weighted by Crippen LogP contribution is -2.26. The van der Waals surface area contributed by atoms with E-state index < -0.39 is 0 Å². The van der Waals surface area contributed by atoms with Crippen LogP contribution in [0.15, 0.2) is 30.3 Å². The topological polar surface area (TPSA) is 78.2 Å². The predicted molar refractivity (Wildman–Crippen MR) is 126 cm³/mol. The van der Waals surface area contributed by atoms with Gasteiger partial charge in [0.25, 0.3) is 0 Å². The SMILES string of the molecule is COc1ccc(CCN(C)CCCNCCc2cc(OC)c(OC)cc2N)cc1OC. The molecule has 7 heteroatoms. The normalized spacial score (nSPS) is 10.9. The van der Waals surface area contributed by atoms with Crippen LogP contribution >= 0.6 is 0 Å². The molecule has 0 amide bonds. The molecule has 3 N–H and O–H groups in total. The molecule has 0 aliphatic carbocycles. The summed E-state index contributed by atoms with van der Waals surface area (Å²) in [5, 5.41) is 3.50. The van der Waals surface area contributed by atoms with Crippen LogP contribution in [0.1, 0.15) is 17.5 Å². The van der Waals surface area contributed by atoms with E-state index in [2.05, 4.69) is 23.3 Å². The van der Waals surface area contributed by atoms with Crippen LogP contribution in [0, 0.1) is 0 Å². The maximum atomic E-state index is 6.13. The Balaban J connectivity index is 1.66. The summed E-state index contributed by atoms with van der Waals surface area (Å²) < 4.78 is 21.3. The van der Waals surface area contributed by atoms with Crippen LogP contribution < -0.4 is 30.0 Å². The lowest BCUT2D eigenvalue weighted by molar-refractivity contribution is 0.330. The van der Waals surface area contributed by atoms with Gasteiger partial charge in [0.2, 0.25) is 0 Å². The molecule has 0 saturated heterocycles. The predicted octanol–water partition coefficient (Wildman–Crippen LogP) is 3.00. The van der Waals surface area contributed by atoms with E-state index in [0.29, 0.717) is 11.5 Å². The van der Waals surface area contributed by atoms with E-state index in [0.717, 1.165) is 68.2 Å². The molecule has 0 saturated carbocycles. The Morgan fingerprint density at radius 1 is 0.774 bits per heavy atom. The summed E-state index contributed by atoms with van der Waals surface area (Å²) in [7, 11) is 8.73. The molecular weight excluding hydrogens is 394 g/mol. The molecule has 172 valence electrons. The number of nitrogens with one attached hydrogen (secondary N) is 1. The summed E-state index contributed by atoms with van der Waals surface area (Å²) in [5.74, 6) is 2.91. The van der Waals surface area contributed by atoms with Crippen LogP contribution in [0.5, 0.6) is 23.0 Å². The van der Waals surface area contributed by atoms with Crippen molar-refractivity contribution < 1.29 is 18.9 Å². The van der Waals surface area contributed by atoms with E-state index >= 15 is 0 Å². The Morgan fingerprint density at radius 3 is 2.10 bits per heavy atom. The molecule has 0 spiro atoms. The van der Waals surface area contributed by atoms with E-state index in [4.69, 9.17) is 24.7 Å². The van der Waals surface area contributed by atoms with E-state index in [1.165, 1.54) is 5.56 Å². The summed E-state index contributed by atoms with van der Waals surface area (Å²) in [6, 6.07) is 9.88. The van der Waals surface area contributed by atoms with E-state index in [1.54, 1.807) is 28.4 Å². The van der Waals surface area contributed by atoms with Crippen molar-refractivity contribution >= 4 is 5.69 Å². The minimum atomic E-state index is 0.660. The average Bonchev–Trinajstić information content (AvgIpc) is 2.80. The highest BCUT2D eigenvalue weighted by molar-refractivity contribution is 5.58. The molecule has 0 fully saturated rings. The fourth-order valence-electron chi connectivity index (χ4n) is 3.44. The molecule has 2 aromatic carbocycles. The van der Waals surface area contributed by atoms with Crippen molar-refractivity contribution in [2.24, 2.45) is 0 Å². The van der Waals surface area contributed by atoms with Gasteiger partial charge in [0.15, 0.2) is 23.0 Å². The summed E-state index contributed by atoms with van der Waals surface area (Å²) in [4.78, 5) is 2.35. The molecule has 0 bridgehead atoms. The highest BCUT2D eigenvalue weighted by atomic mass is 16.5. The lowest BCUT2D eigenvalue weighted by Gasteiger charge is -2.17. The van der Waals surface area contributed by atoms with Crippen LogP contribution in [0.2, 0.25) is 0 Å². The van der Waals surface area contributed by atoms with Gasteiger partial charge < -0.3 is 34.9 Å². The number of ether oxygens (including phenoxy) is 4. The highest BCUT2D eigenvalue weighted by Gasteiger charge is 2.09. The maximum absolute atomic E-state index is 6.13. The van der Waals surface area contributed by atoms with Crippen molar-refractivity contribution in [2.75, 3.05) is 67.4 Å². The molecule has 31 heavy (non-hydrogen) atoms. The number of hydrogen-bond acceptors (Lipinski definition) is 7. The summed E-state index contributed by atoms with van der Waals surface area (Å²) in [5.41, 5.74) is 9.18. The maximum Gasteiger partial charge on any atom is 0.162 e. The highest BCUT2D eigenvalue weighted by Crippen LogP contribution is 2.32. The Hall–Kier alpha value is -2.64. The third-order valence-corrected chi connectivity index (χ3v) is 5.34. The second kappa shape index (κ2) is 12.9. The summed E-state index contributed by atoms with van der Waals surface area (Å²) >= 11 is 0. The van der Waals surface area contributed by atoms with Gasteiger partial charge in [-0.05, 0) is 75.3 Å². The zero-order valence-electron chi connectivity index (χ0n) is 19.5. The largest absolute Gasteiger partial charge is 0.493 e. The van der Waals surface area contributed by atoms with Crippen molar-refractivity contribution in [2.45, 2.75) is 19.3 Å². The number of methoxy groups -OCH3 is 4. The van der Waals surface area contributed by atoms with Crippen molar-refractivity contribution in [3.8, 4) is 23.0 Å². The monoisotopic (exact) mass is 431 g/mol. The standard InChI is InChI=1S/C24H37N3O4/c1-27(14-10-18-7-8-21(28-2)22(15-18)29-3)13-6-11-26-12-9-19-16-23(30-4)24(31-5)17-20(19)25/h7-8,15-17,26H,6,9-14,25H2,1-5H3. The van der Waals surface area contributed by atoms with Crippen LogP contribution in [-0.2, 0) is 12.8 Å². The molecule has 2 aromatic rings. The average molecular weight is 432 g/mol. The van der Waals surface area contributed by atoms with Crippen molar-refractivity contribution in [3.63, 3.8) is 0 Å². The minimum absolute atomic E-state index is 0.660. The number of nitrogen functional groups attached to an aromatic ring is 1. The molecule has 0 aliphatic rings. The van der Waals surface area contributed by atoms with Gasteiger partial charge in [-0.1, -0.05) is 6.07 Å². The lowest BCUT2D eigenvalue weighted by atomic mass is 10.1. The van der Waals surface area contributed by atoms with Gasteiger partial charge in [-0.3, -0.25) is 0 Å². The molecule has 7 nitrogen and oxygen atoms in total. The van der Waals surface area contributed by atoms with E-state index in [-0.39, 0.29) is 0 Å². The van der Waals surface area contributed by atoms with Crippen molar-refractivity contribution in [1.82, 2.24) is 10.2 Å². The van der Waals surface area contributed by atoms with Gasteiger partial charge >= 0.3 is 0 Å². The third kappa shape index (κ3) is 7.52. The van der Waals surface area contributed by atoms with Gasteiger partial charge in [-0.2, -0.15) is 0 Å². The molecule has 0 radical (unpaired) electrons. The first-order valence-corrected chi connectivity index (χ1v) is 10.6. The smallest absolute Gasteiger partial charge is 0.162 e. The van der Waals surface area contributed by atoms with Crippen LogP contribution in [0.4, 0.5) is 5.69 Å². The number of hydrogen-bond donors (Lipinski definition) is 2. The van der Waals surface area contributed by atoms with Crippen LogP contribution in [-0.4, -0.2) is 66.6 Å². The summed E-state index contributed by atoms with van der Waals surface area (Å²) in [6.07, 6.45) is 2.91. The molecule has 0 aliphatic heterocycles. The second-order valence-electron chi connectivity index (χ2n) is 7.50. The fourth-order valence-corrected chi connectivity index (χ4v) is 3.44. The quantitative estimate of drug-likeness (QED) is 0.352. The first-order valence-electron chi connectivity index (χ1n) is 10.6. The number of benzene rings is 2. The molecule has 0 unspecified atom stereocenters. The van der Waals surface area contributed by atoms with Crippen molar-refractivity contribution in [1.29, 1.82) is 0 Å². The van der Waals surface area contributed by atoms with E-state index in [1.807, 2.05) is 24.3 Å². The van der Waals surface area contributed by atoms with Gasteiger partial charge in [0.05, 0.1) is 28.4 Å². The molecule has 2 rings (SSSR count). The number of nitrogens with zero attached hydrogens (tertiary/aromatic N) is 1. The number of rotatable bonds is 14. The zero-order chi connectivity index (χ0) is 22.6. The number of nitrogens with two attached hydrogens (primary N) is 1. The Morgan fingerprint density at radius 2 is 1.42 bits per heavy atom. The van der Waals surface area contributed by atoms with Crippen molar-refractivity contribution in [3.05, 3.63) is 41.5 Å². The van der Waals surface area contributed by atoms with Crippen LogP contribution in [0.3, 0.4) is 0 Å². The third-order valence-electron chi connectivity index (χ3n) is 5.34. The number of likely N-dealkylation sites (N-methyl/N-ethyl adjacent to an activating group) is 1. The molecule has 0 aromatic heterocycles. The summed E-state index contributed by atoms with van der Waals surface area (Å²) in [6.45, 7) is 3.87. The van der Waals surface area contributed by atoms with Gasteiger partial charge in [-0.15, -0.1) is 0 Å². The Kier molecular flexibility index (Phi) is 10.3. The fraction of sp³-hybridized carbons (Fsp3) is 0.500. The second-order valence-corrected chi connectivity index (χ2v) is 7.50.